The van der Waals surface area contributed by atoms with Crippen molar-refractivity contribution in [1.82, 2.24) is 4.98 Å². The lowest BCUT2D eigenvalue weighted by Gasteiger charge is -2.43. The third-order valence-electron chi connectivity index (χ3n) is 3.35. The van der Waals surface area contributed by atoms with E-state index in [4.69, 9.17) is 0 Å². The van der Waals surface area contributed by atoms with Gasteiger partial charge < -0.3 is 4.90 Å². The topological polar surface area (TPSA) is 59.3 Å². The molecule has 0 atom stereocenters. The number of anilines is 1. The molecule has 0 spiro atoms. The summed E-state index contributed by atoms with van der Waals surface area (Å²) in [4.78, 5) is 16.4. The second-order valence-corrected chi connectivity index (χ2v) is 6.63. The molecule has 1 aromatic heterocycles. The standard InChI is InChI=1S/C13H16BrF2N3O2/c1-8(2)7-18(10-4-13(15,16)5-10)12-11(19(20)21)3-9(14)6-17-12/h3,6,8,10H,4-5,7H2,1-2H3. The Kier molecular flexibility index (Phi) is 4.46. The van der Waals surface area contributed by atoms with Gasteiger partial charge in [-0.2, -0.15) is 0 Å². The molecule has 1 heterocycles. The molecular weight excluding hydrogens is 348 g/mol. The fourth-order valence-electron chi connectivity index (χ4n) is 2.43. The Morgan fingerprint density at radius 1 is 1.57 bits per heavy atom. The van der Waals surface area contributed by atoms with Gasteiger partial charge in [-0.15, -0.1) is 0 Å². The minimum Gasteiger partial charge on any atom is -0.347 e. The molecule has 0 radical (unpaired) electrons. The maximum atomic E-state index is 13.1. The number of halogens is 3. The summed E-state index contributed by atoms with van der Waals surface area (Å²) < 4.78 is 26.8. The van der Waals surface area contributed by atoms with Crippen molar-refractivity contribution in [2.75, 3.05) is 11.4 Å². The molecule has 1 aromatic rings. The van der Waals surface area contributed by atoms with E-state index in [1.807, 2.05) is 13.8 Å². The average molecular weight is 364 g/mol. The van der Waals surface area contributed by atoms with Gasteiger partial charge in [0.25, 0.3) is 5.92 Å². The van der Waals surface area contributed by atoms with E-state index in [9.17, 15) is 18.9 Å². The molecule has 8 heteroatoms. The van der Waals surface area contributed by atoms with Crippen LogP contribution in [0.25, 0.3) is 0 Å². The number of rotatable bonds is 5. The largest absolute Gasteiger partial charge is 0.347 e. The van der Waals surface area contributed by atoms with Crippen LogP contribution in [-0.2, 0) is 0 Å². The molecule has 1 aliphatic carbocycles. The average Bonchev–Trinajstić information content (AvgIpc) is 2.33. The van der Waals surface area contributed by atoms with E-state index >= 15 is 0 Å². The van der Waals surface area contributed by atoms with Gasteiger partial charge in [0, 0.05) is 42.2 Å². The summed E-state index contributed by atoms with van der Waals surface area (Å²) in [6.45, 7) is 4.33. The summed E-state index contributed by atoms with van der Waals surface area (Å²) in [5.74, 6) is -2.33. The predicted molar refractivity (Wildman–Crippen MR) is 78.7 cm³/mol. The molecule has 0 unspecified atom stereocenters. The van der Waals surface area contributed by atoms with Crippen LogP contribution in [0.4, 0.5) is 20.3 Å². The van der Waals surface area contributed by atoms with Crippen LogP contribution in [0.15, 0.2) is 16.7 Å². The molecule has 0 amide bonds. The molecule has 2 rings (SSSR count). The van der Waals surface area contributed by atoms with Gasteiger partial charge in [-0.1, -0.05) is 13.8 Å². The minimum absolute atomic E-state index is 0.164. The molecule has 0 aromatic carbocycles. The predicted octanol–water partition coefficient (Wildman–Crippen LogP) is 4.01. The monoisotopic (exact) mass is 363 g/mol. The first-order valence-corrected chi connectivity index (χ1v) is 7.43. The van der Waals surface area contributed by atoms with Gasteiger partial charge in [0.1, 0.15) is 0 Å². The van der Waals surface area contributed by atoms with Crippen LogP contribution in [0.1, 0.15) is 26.7 Å². The highest BCUT2D eigenvalue weighted by Crippen LogP contribution is 2.43. The Morgan fingerprint density at radius 2 is 2.19 bits per heavy atom. The molecule has 1 aliphatic rings. The number of pyridine rings is 1. The van der Waals surface area contributed by atoms with Crippen molar-refractivity contribution in [3.63, 3.8) is 0 Å². The highest BCUT2D eigenvalue weighted by molar-refractivity contribution is 9.10. The van der Waals surface area contributed by atoms with Crippen LogP contribution in [0.3, 0.4) is 0 Å². The zero-order chi connectivity index (χ0) is 15.8. The van der Waals surface area contributed by atoms with Gasteiger partial charge in [0.15, 0.2) is 0 Å². The van der Waals surface area contributed by atoms with E-state index in [1.54, 1.807) is 4.90 Å². The van der Waals surface area contributed by atoms with Crippen LogP contribution in [0, 0.1) is 16.0 Å². The Balaban J connectivity index is 2.35. The summed E-state index contributed by atoms with van der Waals surface area (Å²) in [5.41, 5.74) is -0.166. The van der Waals surface area contributed by atoms with Crippen molar-refractivity contribution >= 4 is 27.4 Å². The van der Waals surface area contributed by atoms with E-state index in [-0.39, 0.29) is 30.3 Å². The molecule has 0 saturated heterocycles. The molecule has 5 nitrogen and oxygen atoms in total. The van der Waals surface area contributed by atoms with Crippen LogP contribution < -0.4 is 4.90 Å². The van der Waals surface area contributed by atoms with Crippen LogP contribution in [-0.4, -0.2) is 28.4 Å². The lowest BCUT2D eigenvalue weighted by molar-refractivity contribution is -0.384. The van der Waals surface area contributed by atoms with Gasteiger partial charge in [-0.3, -0.25) is 10.1 Å². The lowest BCUT2D eigenvalue weighted by atomic mass is 9.86. The molecule has 0 aliphatic heterocycles. The molecule has 21 heavy (non-hydrogen) atoms. The first kappa shape index (κ1) is 16.1. The Labute approximate surface area is 129 Å². The van der Waals surface area contributed by atoms with Gasteiger partial charge in [0.05, 0.1) is 4.92 Å². The number of nitrogens with zero attached hydrogens (tertiary/aromatic N) is 3. The van der Waals surface area contributed by atoms with E-state index in [0.29, 0.717) is 11.0 Å². The van der Waals surface area contributed by atoms with E-state index in [2.05, 4.69) is 20.9 Å². The van der Waals surface area contributed by atoms with Gasteiger partial charge >= 0.3 is 5.69 Å². The van der Waals surface area contributed by atoms with Crippen LogP contribution in [0.2, 0.25) is 0 Å². The first-order valence-electron chi connectivity index (χ1n) is 6.64. The summed E-state index contributed by atoms with van der Waals surface area (Å²) in [7, 11) is 0. The third-order valence-corrected chi connectivity index (χ3v) is 3.79. The van der Waals surface area contributed by atoms with E-state index < -0.39 is 16.9 Å². The summed E-state index contributed by atoms with van der Waals surface area (Å²) in [6, 6.07) is 0.946. The van der Waals surface area contributed by atoms with Crippen molar-refractivity contribution in [2.24, 2.45) is 5.92 Å². The fraction of sp³-hybridized carbons (Fsp3) is 0.615. The quantitative estimate of drug-likeness (QED) is 0.585. The maximum Gasteiger partial charge on any atom is 0.312 e. The number of hydrogen-bond donors (Lipinski definition) is 0. The number of hydrogen-bond acceptors (Lipinski definition) is 4. The van der Waals surface area contributed by atoms with Crippen molar-refractivity contribution in [3.8, 4) is 0 Å². The van der Waals surface area contributed by atoms with Crippen molar-refractivity contribution in [2.45, 2.75) is 38.7 Å². The van der Waals surface area contributed by atoms with Gasteiger partial charge in [-0.25, -0.2) is 13.8 Å². The fourth-order valence-corrected chi connectivity index (χ4v) is 2.75. The van der Waals surface area contributed by atoms with Gasteiger partial charge in [0.2, 0.25) is 5.82 Å². The van der Waals surface area contributed by atoms with Crippen LogP contribution >= 0.6 is 15.9 Å². The molecular formula is C13H16BrF2N3O2. The summed E-state index contributed by atoms with van der Waals surface area (Å²) in [5, 5.41) is 11.2. The SMILES string of the molecule is CC(C)CN(c1ncc(Br)cc1[N+](=O)[O-])C1CC(F)(F)C1. The molecule has 1 fully saturated rings. The second-order valence-electron chi connectivity index (χ2n) is 5.72. The number of nitro groups is 1. The Hall–Kier alpha value is -1.31. The normalized spacial score (nSPS) is 17.6. The Morgan fingerprint density at radius 3 is 2.67 bits per heavy atom. The van der Waals surface area contributed by atoms with Crippen LogP contribution in [0.5, 0.6) is 0 Å². The van der Waals surface area contributed by atoms with Crippen molar-refractivity contribution in [3.05, 3.63) is 26.9 Å². The van der Waals surface area contributed by atoms with E-state index in [0.717, 1.165) is 0 Å². The molecule has 116 valence electrons. The zero-order valence-corrected chi connectivity index (χ0v) is 13.3. The highest BCUT2D eigenvalue weighted by atomic mass is 79.9. The summed E-state index contributed by atoms with van der Waals surface area (Å²) in [6.07, 6.45) is 0.885. The van der Waals surface area contributed by atoms with E-state index in [1.165, 1.54) is 12.3 Å². The third kappa shape index (κ3) is 3.66. The maximum absolute atomic E-state index is 13.1. The number of aromatic nitrogens is 1. The highest BCUT2D eigenvalue weighted by Gasteiger charge is 2.49. The van der Waals surface area contributed by atoms with Crippen molar-refractivity contribution < 1.29 is 13.7 Å². The first-order chi connectivity index (χ1) is 9.69. The number of alkyl halides is 2. The van der Waals surface area contributed by atoms with Gasteiger partial charge in [-0.05, 0) is 21.8 Å². The van der Waals surface area contributed by atoms with Crippen molar-refractivity contribution in [1.29, 1.82) is 0 Å². The Bertz CT molecular complexity index is 546. The minimum atomic E-state index is -2.68. The molecule has 0 bridgehead atoms. The summed E-state index contributed by atoms with van der Waals surface area (Å²) >= 11 is 3.15. The lowest BCUT2D eigenvalue weighted by Crippen LogP contribution is -2.52. The zero-order valence-electron chi connectivity index (χ0n) is 11.7. The molecule has 0 N–H and O–H groups in total. The second kappa shape index (κ2) is 5.82. The smallest absolute Gasteiger partial charge is 0.312 e. The molecule has 1 saturated carbocycles.